The quantitative estimate of drug-likeness (QED) is 0.744. The number of hydrogen-bond donors (Lipinski definition) is 1. The summed E-state index contributed by atoms with van der Waals surface area (Å²) in [4.78, 5) is 7.34. The summed E-state index contributed by atoms with van der Waals surface area (Å²) in [7, 11) is 0. The summed E-state index contributed by atoms with van der Waals surface area (Å²) in [5, 5.41) is 4.63. The van der Waals surface area contributed by atoms with E-state index in [4.69, 9.17) is 4.42 Å². The van der Waals surface area contributed by atoms with Crippen LogP contribution in [0.15, 0.2) is 40.8 Å². The average molecular weight is 353 g/mol. The van der Waals surface area contributed by atoms with Crippen LogP contribution in [-0.2, 0) is 6.54 Å². The minimum absolute atomic E-state index is 0.617. The summed E-state index contributed by atoms with van der Waals surface area (Å²) >= 11 is 1.69. The van der Waals surface area contributed by atoms with Crippen molar-refractivity contribution in [2.75, 3.05) is 13.1 Å². The molecule has 2 aliphatic rings. The molecule has 4 nitrogen and oxygen atoms in total. The molecule has 25 heavy (non-hydrogen) atoms. The molecule has 2 aromatic heterocycles. The van der Waals surface area contributed by atoms with E-state index in [1.807, 2.05) is 12.1 Å². The Kier molecular flexibility index (Phi) is 4.08. The van der Waals surface area contributed by atoms with Gasteiger partial charge in [0, 0.05) is 12.1 Å². The number of furan rings is 1. The number of nitrogens with one attached hydrogen (secondary N) is 1. The van der Waals surface area contributed by atoms with Gasteiger partial charge in [0.1, 0.15) is 5.76 Å². The molecular weight excluding hydrogens is 330 g/mol. The fourth-order valence-corrected chi connectivity index (χ4v) is 4.65. The van der Waals surface area contributed by atoms with E-state index in [1.54, 1.807) is 11.3 Å². The lowest BCUT2D eigenvalue weighted by atomic mass is 10.0. The number of thiazole rings is 1. The van der Waals surface area contributed by atoms with Crippen LogP contribution in [0, 0.1) is 0 Å². The van der Waals surface area contributed by atoms with Crippen LogP contribution in [0.4, 0.5) is 0 Å². The minimum Gasteiger partial charge on any atom is -0.457 e. The molecule has 1 N–H and O–H groups in total. The highest BCUT2D eigenvalue weighted by molar-refractivity contribution is 7.21. The fraction of sp³-hybridized carbons (Fsp3) is 0.450. The Balaban J connectivity index is 1.20. The van der Waals surface area contributed by atoms with Crippen LogP contribution in [0.5, 0.6) is 0 Å². The number of piperidine rings is 1. The zero-order chi connectivity index (χ0) is 16.6. The van der Waals surface area contributed by atoms with E-state index < -0.39 is 0 Å². The van der Waals surface area contributed by atoms with Crippen LogP contribution in [0.25, 0.3) is 21.0 Å². The molecule has 1 saturated carbocycles. The number of aromatic nitrogens is 1. The number of para-hydroxylation sites is 1. The zero-order valence-electron chi connectivity index (χ0n) is 14.3. The van der Waals surface area contributed by atoms with E-state index in [9.17, 15) is 0 Å². The number of likely N-dealkylation sites (tertiary alicyclic amines) is 1. The van der Waals surface area contributed by atoms with Crippen LogP contribution in [0.2, 0.25) is 0 Å². The van der Waals surface area contributed by atoms with Crippen LogP contribution in [-0.4, -0.2) is 35.1 Å². The van der Waals surface area contributed by atoms with Gasteiger partial charge in [0.05, 0.1) is 16.8 Å². The van der Waals surface area contributed by atoms with Crippen molar-refractivity contribution >= 4 is 21.6 Å². The second-order valence-electron chi connectivity index (χ2n) is 7.18. The molecule has 3 aromatic rings. The molecule has 1 aliphatic heterocycles. The van der Waals surface area contributed by atoms with Crippen molar-refractivity contribution in [1.29, 1.82) is 0 Å². The van der Waals surface area contributed by atoms with Crippen LogP contribution in [0.1, 0.15) is 31.4 Å². The maximum Gasteiger partial charge on any atom is 0.163 e. The van der Waals surface area contributed by atoms with Gasteiger partial charge in [0.15, 0.2) is 10.8 Å². The lowest BCUT2D eigenvalue weighted by Crippen LogP contribution is -2.43. The molecule has 3 heterocycles. The number of rotatable bonds is 5. The largest absolute Gasteiger partial charge is 0.457 e. The predicted molar refractivity (Wildman–Crippen MR) is 102 cm³/mol. The number of benzene rings is 1. The molecule has 5 heteroatoms. The summed E-state index contributed by atoms with van der Waals surface area (Å²) < 4.78 is 7.24. The van der Waals surface area contributed by atoms with Crippen molar-refractivity contribution in [3.8, 4) is 10.8 Å². The first-order chi connectivity index (χ1) is 12.3. The van der Waals surface area contributed by atoms with Gasteiger partial charge in [0.2, 0.25) is 0 Å². The van der Waals surface area contributed by atoms with Gasteiger partial charge in [-0.1, -0.05) is 12.1 Å². The normalized spacial score (nSPS) is 19.7. The summed E-state index contributed by atoms with van der Waals surface area (Å²) in [5.41, 5.74) is 1.04. The van der Waals surface area contributed by atoms with Crippen molar-refractivity contribution in [3.05, 3.63) is 42.2 Å². The predicted octanol–water partition coefficient (Wildman–Crippen LogP) is 4.27. The Morgan fingerprint density at radius 2 is 1.92 bits per heavy atom. The Morgan fingerprint density at radius 1 is 1.08 bits per heavy atom. The first-order valence-corrected chi connectivity index (χ1v) is 10.1. The molecule has 0 radical (unpaired) electrons. The van der Waals surface area contributed by atoms with Crippen LogP contribution >= 0.6 is 11.3 Å². The van der Waals surface area contributed by atoms with Crippen molar-refractivity contribution in [2.45, 2.75) is 44.3 Å². The number of nitrogens with zero attached hydrogens (tertiary/aromatic N) is 2. The first-order valence-electron chi connectivity index (χ1n) is 9.27. The van der Waals surface area contributed by atoms with Gasteiger partial charge < -0.3 is 14.6 Å². The topological polar surface area (TPSA) is 41.3 Å². The van der Waals surface area contributed by atoms with Crippen LogP contribution < -0.4 is 5.32 Å². The van der Waals surface area contributed by atoms with Crippen molar-refractivity contribution < 1.29 is 4.42 Å². The average Bonchev–Trinajstić information content (AvgIpc) is 3.23. The molecule has 130 valence electrons. The van der Waals surface area contributed by atoms with Gasteiger partial charge in [-0.25, -0.2) is 4.98 Å². The molecule has 0 atom stereocenters. The number of hydrogen-bond acceptors (Lipinski definition) is 5. The van der Waals surface area contributed by atoms with E-state index in [2.05, 4.69) is 39.5 Å². The summed E-state index contributed by atoms with van der Waals surface area (Å²) in [5.74, 6) is 1.88. The van der Waals surface area contributed by atoms with E-state index in [0.717, 1.165) is 34.6 Å². The molecule has 0 spiro atoms. The highest BCUT2D eigenvalue weighted by Gasteiger charge is 2.31. The van der Waals surface area contributed by atoms with Crippen molar-refractivity contribution in [1.82, 2.24) is 15.2 Å². The van der Waals surface area contributed by atoms with Crippen LogP contribution in [0.3, 0.4) is 0 Å². The standard InChI is InChI=1S/C20H23N3OS/c1-2-4-19-17(3-1)22-20(25-19)18-8-7-16(24-18)13-21-14-9-11-23(12-10-14)15-5-6-15/h1-4,7-8,14-15,21H,5-6,9-13H2. The second-order valence-corrected chi connectivity index (χ2v) is 8.21. The molecule has 2 fully saturated rings. The third kappa shape index (κ3) is 3.36. The highest BCUT2D eigenvalue weighted by Crippen LogP contribution is 2.31. The lowest BCUT2D eigenvalue weighted by Gasteiger charge is -2.32. The number of fused-ring (bicyclic) bond motifs is 1. The Hall–Kier alpha value is -1.69. The molecular formula is C20H23N3OS. The molecule has 0 bridgehead atoms. The molecule has 1 aliphatic carbocycles. The Labute approximate surface area is 151 Å². The lowest BCUT2D eigenvalue weighted by molar-refractivity contribution is 0.187. The third-order valence-corrected chi connectivity index (χ3v) is 6.38. The van der Waals surface area contributed by atoms with E-state index in [-0.39, 0.29) is 0 Å². The molecule has 0 amide bonds. The smallest absolute Gasteiger partial charge is 0.163 e. The molecule has 1 saturated heterocycles. The monoisotopic (exact) mass is 353 g/mol. The fourth-order valence-electron chi connectivity index (χ4n) is 3.72. The van der Waals surface area contributed by atoms with Crippen molar-refractivity contribution in [3.63, 3.8) is 0 Å². The molecule has 0 unspecified atom stereocenters. The van der Waals surface area contributed by atoms with Gasteiger partial charge in [0.25, 0.3) is 0 Å². The summed E-state index contributed by atoms with van der Waals surface area (Å²) in [6, 6.07) is 13.9. The molecule has 5 rings (SSSR count). The zero-order valence-corrected chi connectivity index (χ0v) is 15.1. The summed E-state index contributed by atoms with van der Waals surface area (Å²) in [6.07, 6.45) is 5.34. The third-order valence-electron chi connectivity index (χ3n) is 5.32. The van der Waals surface area contributed by atoms with Gasteiger partial charge in [-0.3, -0.25) is 0 Å². The van der Waals surface area contributed by atoms with Gasteiger partial charge in [-0.15, -0.1) is 11.3 Å². The SMILES string of the molecule is c1ccc2sc(-c3ccc(CNC4CCN(C5CC5)CC4)o3)nc2c1. The van der Waals surface area contributed by atoms with E-state index in [1.165, 1.54) is 43.5 Å². The molecule has 1 aromatic carbocycles. The maximum atomic E-state index is 6.03. The second kappa shape index (κ2) is 6.56. The van der Waals surface area contributed by atoms with Gasteiger partial charge >= 0.3 is 0 Å². The van der Waals surface area contributed by atoms with E-state index >= 15 is 0 Å². The first kappa shape index (κ1) is 15.6. The van der Waals surface area contributed by atoms with E-state index in [0.29, 0.717) is 6.04 Å². The van der Waals surface area contributed by atoms with Crippen molar-refractivity contribution in [2.24, 2.45) is 0 Å². The Bertz CT molecular complexity index is 826. The maximum absolute atomic E-state index is 6.03. The highest BCUT2D eigenvalue weighted by atomic mass is 32.1. The minimum atomic E-state index is 0.617. The summed E-state index contributed by atoms with van der Waals surface area (Å²) in [6.45, 7) is 3.30. The van der Waals surface area contributed by atoms with Gasteiger partial charge in [-0.2, -0.15) is 0 Å². The Morgan fingerprint density at radius 3 is 2.72 bits per heavy atom. The van der Waals surface area contributed by atoms with Gasteiger partial charge in [-0.05, 0) is 63.0 Å².